The number of amides is 1. The van der Waals surface area contributed by atoms with Crippen LogP contribution in [0.3, 0.4) is 0 Å². The lowest BCUT2D eigenvalue weighted by molar-refractivity contribution is 0.0931. The van der Waals surface area contributed by atoms with Crippen LogP contribution in [-0.4, -0.2) is 37.4 Å². The van der Waals surface area contributed by atoms with Gasteiger partial charge in [-0.3, -0.25) is 4.79 Å². The molecule has 1 aliphatic carbocycles. The molecule has 132 valence electrons. The minimum atomic E-state index is -0.130. The number of benzene rings is 1. The summed E-state index contributed by atoms with van der Waals surface area (Å²) in [5.74, 6) is 2.00. The topological polar surface area (TPSA) is 67.8 Å². The molecular formula is C19H27NO4. The average Bonchev–Trinajstić information content (AvgIpc) is 2.65. The highest BCUT2D eigenvalue weighted by atomic mass is 16.6. The fraction of sp³-hybridized carbons (Fsp3) is 0.632. The smallest absolute Gasteiger partial charge is 0.251 e. The quantitative estimate of drug-likeness (QED) is 0.840. The van der Waals surface area contributed by atoms with Gasteiger partial charge in [0.1, 0.15) is 13.2 Å². The van der Waals surface area contributed by atoms with Gasteiger partial charge in [-0.1, -0.05) is 32.1 Å². The van der Waals surface area contributed by atoms with Gasteiger partial charge in [0.05, 0.1) is 0 Å². The van der Waals surface area contributed by atoms with E-state index in [1.165, 1.54) is 32.1 Å². The number of fused-ring (bicyclic) bond motifs is 1. The molecule has 1 aliphatic heterocycles. The summed E-state index contributed by atoms with van der Waals surface area (Å²) >= 11 is 0. The van der Waals surface area contributed by atoms with Gasteiger partial charge in [-0.25, -0.2) is 0 Å². The van der Waals surface area contributed by atoms with Gasteiger partial charge in [0.2, 0.25) is 0 Å². The lowest BCUT2D eigenvalue weighted by atomic mass is 9.83. The molecule has 2 N–H and O–H groups in total. The molecule has 1 aromatic rings. The van der Waals surface area contributed by atoms with Crippen LogP contribution in [0.5, 0.6) is 11.5 Å². The number of carbonyl (C=O) groups excluding carboxylic acids is 1. The molecule has 1 atom stereocenters. The maximum Gasteiger partial charge on any atom is 0.251 e. The Kier molecular flexibility index (Phi) is 5.96. The van der Waals surface area contributed by atoms with Gasteiger partial charge in [0.15, 0.2) is 11.5 Å². The third-order valence-electron chi connectivity index (χ3n) is 5.01. The molecule has 0 saturated heterocycles. The van der Waals surface area contributed by atoms with Crippen molar-refractivity contribution in [2.45, 2.75) is 38.5 Å². The predicted octanol–water partition coefficient (Wildman–Crippen LogP) is 2.77. The van der Waals surface area contributed by atoms with Crippen molar-refractivity contribution < 1.29 is 19.4 Å². The van der Waals surface area contributed by atoms with Gasteiger partial charge in [-0.2, -0.15) is 0 Å². The van der Waals surface area contributed by atoms with E-state index in [1.54, 1.807) is 18.2 Å². The third kappa shape index (κ3) is 4.41. The van der Waals surface area contributed by atoms with E-state index in [-0.39, 0.29) is 18.4 Å². The first kappa shape index (κ1) is 17.1. The zero-order valence-corrected chi connectivity index (χ0v) is 14.1. The molecule has 1 saturated carbocycles. The lowest BCUT2D eigenvalue weighted by Gasteiger charge is -2.25. The van der Waals surface area contributed by atoms with Crippen molar-refractivity contribution in [3.8, 4) is 11.5 Å². The number of aliphatic hydroxyl groups excluding tert-OH is 1. The second-order valence-electron chi connectivity index (χ2n) is 6.86. The summed E-state index contributed by atoms with van der Waals surface area (Å²) < 4.78 is 11.0. The fourth-order valence-electron chi connectivity index (χ4n) is 3.64. The molecule has 0 radical (unpaired) electrons. The number of aliphatic hydroxyl groups is 1. The minimum Gasteiger partial charge on any atom is -0.486 e. The molecule has 3 rings (SSSR count). The Morgan fingerprint density at radius 3 is 2.67 bits per heavy atom. The monoisotopic (exact) mass is 333 g/mol. The second kappa shape index (κ2) is 8.38. The molecule has 1 heterocycles. The fourth-order valence-corrected chi connectivity index (χ4v) is 3.64. The van der Waals surface area contributed by atoms with Crippen molar-refractivity contribution in [1.29, 1.82) is 0 Å². The van der Waals surface area contributed by atoms with E-state index in [9.17, 15) is 9.90 Å². The first-order valence-electron chi connectivity index (χ1n) is 9.05. The lowest BCUT2D eigenvalue weighted by Crippen LogP contribution is -2.32. The normalized spacial score (nSPS) is 18.9. The van der Waals surface area contributed by atoms with Gasteiger partial charge in [-0.05, 0) is 36.5 Å². The van der Waals surface area contributed by atoms with Crippen LogP contribution in [0.2, 0.25) is 0 Å². The van der Waals surface area contributed by atoms with E-state index >= 15 is 0 Å². The van der Waals surface area contributed by atoms with Crippen molar-refractivity contribution in [3.05, 3.63) is 23.8 Å². The maximum atomic E-state index is 12.4. The Bertz CT molecular complexity index is 554. The van der Waals surface area contributed by atoms with E-state index in [1.807, 2.05) is 0 Å². The summed E-state index contributed by atoms with van der Waals surface area (Å²) in [6, 6.07) is 5.24. The van der Waals surface area contributed by atoms with Crippen LogP contribution < -0.4 is 14.8 Å². The van der Waals surface area contributed by atoms with E-state index in [4.69, 9.17) is 9.47 Å². The SMILES string of the molecule is O=C(NCC(CO)CC1CCCCC1)c1ccc2c(c1)OCCO2. The zero-order chi connectivity index (χ0) is 16.8. The van der Waals surface area contributed by atoms with Gasteiger partial charge in [0.25, 0.3) is 5.91 Å². The number of ether oxygens (including phenoxy) is 2. The Morgan fingerprint density at radius 1 is 1.17 bits per heavy atom. The summed E-state index contributed by atoms with van der Waals surface area (Å²) in [6.45, 7) is 1.68. The van der Waals surface area contributed by atoms with E-state index < -0.39 is 0 Å². The summed E-state index contributed by atoms with van der Waals surface area (Å²) in [4.78, 5) is 12.4. The molecule has 0 aromatic heterocycles. The molecule has 5 heteroatoms. The molecule has 2 aliphatic rings. The minimum absolute atomic E-state index is 0.123. The molecule has 1 unspecified atom stereocenters. The van der Waals surface area contributed by atoms with Crippen LogP contribution in [0.25, 0.3) is 0 Å². The Morgan fingerprint density at radius 2 is 1.92 bits per heavy atom. The average molecular weight is 333 g/mol. The highest BCUT2D eigenvalue weighted by Crippen LogP contribution is 2.31. The molecule has 0 spiro atoms. The maximum absolute atomic E-state index is 12.4. The number of rotatable bonds is 6. The van der Waals surface area contributed by atoms with Crippen LogP contribution in [0.15, 0.2) is 18.2 Å². The molecule has 1 amide bonds. The molecule has 0 bridgehead atoms. The number of carbonyl (C=O) groups is 1. The number of nitrogens with one attached hydrogen (secondary N) is 1. The third-order valence-corrected chi connectivity index (χ3v) is 5.01. The van der Waals surface area contributed by atoms with E-state index in [0.717, 1.165) is 6.42 Å². The molecule has 24 heavy (non-hydrogen) atoms. The van der Waals surface area contributed by atoms with Gasteiger partial charge >= 0.3 is 0 Å². The van der Waals surface area contributed by atoms with E-state index in [0.29, 0.717) is 42.7 Å². The van der Waals surface area contributed by atoms with E-state index in [2.05, 4.69) is 5.32 Å². The molecule has 5 nitrogen and oxygen atoms in total. The predicted molar refractivity (Wildman–Crippen MR) is 91.5 cm³/mol. The van der Waals surface area contributed by atoms with Crippen molar-refractivity contribution >= 4 is 5.91 Å². The summed E-state index contributed by atoms with van der Waals surface area (Å²) in [6.07, 6.45) is 7.44. The summed E-state index contributed by atoms with van der Waals surface area (Å²) in [7, 11) is 0. The van der Waals surface area contributed by atoms with Crippen molar-refractivity contribution in [3.63, 3.8) is 0 Å². The summed E-state index contributed by atoms with van der Waals surface area (Å²) in [5.41, 5.74) is 0.564. The van der Waals surface area contributed by atoms with Crippen LogP contribution in [0.4, 0.5) is 0 Å². The van der Waals surface area contributed by atoms with Crippen LogP contribution in [0.1, 0.15) is 48.9 Å². The highest BCUT2D eigenvalue weighted by Gasteiger charge is 2.20. The Balaban J connectivity index is 1.51. The van der Waals surface area contributed by atoms with Crippen molar-refractivity contribution in [2.75, 3.05) is 26.4 Å². The van der Waals surface area contributed by atoms with Gasteiger partial charge in [-0.15, -0.1) is 0 Å². The van der Waals surface area contributed by atoms with Crippen molar-refractivity contribution in [1.82, 2.24) is 5.32 Å². The van der Waals surface area contributed by atoms with Crippen LogP contribution in [-0.2, 0) is 0 Å². The first-order chi connectivity index (χ1) is 11.8. The van der Waals surface area contributed by atoms with Crippen molar-refractivity contribution in [2.24, 2.45) is 11.8 Å². The van der Waals surface area contributed by atoms with Gasteiger partial charge < -0.3 is 19.9 Å². The Labute approximate surface area is 143 Å². The number of hydrogen-bond donors (Lipinski definition) is 2. The first-order valence-corrected chi connectivity index (χ1v) is 9.05. The largest absolute Gasteiger partial charge is 0.486 e. The van der Waals surface area contributed by atoms with Gasteiger partial charge in [0, 0.05) is 18.7 Å². The molecular weight excluding hydrogens is 306 g/mol. The molecule has 1 fully saturated rings. The summed E-state index contributed by atoms with van der Waals surface area (Å²) in [5, 5.41) is 12.6. The second-order valence-corrected chi connectivity index (χ2v) is 6.86. The zero-order valence-electron chi connectivity index (χ0n) is 14.1. The molecule has 1 aromatic carbocycles. The Hall–Kier alpha value is -1.75. The number of hydrogen-bond acceptors (Lipinski definition) is 4. The highest BCUT2D eigenvalue weighted by molar-refractivity contribution is 5.94. The van der Waals surface area contributed by atoms with Crippen LogP contribution in [0, 0.1) is 11.8 Å². The van der Waals surface area contributed by atoms with Crippen LogP contribution >= 0.6 is 0 Å². The standard InChI is InChI=1S/C19H27NO4/c21-13-15(10-14-4-2-1-3-5-14)12-20-19(22)16-6-7-17-18(11-16)24-9-8-23-17/h6-7,11,14-15,21H,1-5,8-10,12-13H2,(H,20,22).